The number of methoxy groups -OCH3 is 1. The first-order valence-corrected chi connectivity index (χ1v) is 5.94. The highest BCUT2D eigenvalue weighted by Crippen LogP contribution is 2.27. The molecule has 0 aliphatic heterocycles. The number of amides is 1. The Morgan fingerprint density at radius 3 is 2.69 bits per heavy atom. The van der Waals surface area contributed by atoms with Crippen molar-refractivity contribution in [1.29, 1.82) is 0 Å². The fraction of sp³-hybridized carbons (Fsp3) is 0.417. The average Bonchev–Trinajstić information content (AvgIpc) is 2.25. The molecule has 0 spiro atoms. The van der Waals surface area contributed by atoms with E-state index >= 15 is 0 Å². The van der Waals surface area contributed by atoms with E-state index in [1.807, 2.05) is 12.1 Å². The van der Waals surface area contributed by atoms with Crippen LogP contribution in [-0.2, 0) is 6.54 Å². The lowest BCUT2D eigenvalue weighted by Crippen LogP contribution is -2.15. The summed E-state index contributed by atoms with van der Waals surface area (Å²) in [6.45, 7) is 4.75. The van der Waals surface area contributed by atoms with E-state index in [0.717, 1.165) is 16.9 Å². The second-order valence-corrected chi connectivity index (χ2v) is 4.58. The van der Waals surface area contributed by atoms with Gasteiger partial charge in [0.1, 0.15) is 5.75 Å². The van der Waals surface area contributed by atoms with Crippen LogP contribution >= 0.6 is 15.9 Å². The Labute approximate surface area is 104 Å². The second-order valence-electron chi connectivity index (χ2n) is 3.86. The molecule has 1 rings (SSSR count). The Morgan fingerprint density at radius 1 is 1.50 bits per heavy atom. The summed E-state index contributed by atoms with van der Waals surface area (Å²) in [6.07, 6.45) is 0. The van der Waals surface area contributed by atoms with Gasteiger partial charge in [-0.1, -0.05) is 26.0 Å². The van der Waals surface area contributed by atoms with Gasteiger partial charge in [-0.25, -0.2) is 0 Å². The van der Waals surface area contributed by atoms with Crippen molar-refractivity contribution in [2.75, 3.05) is 7.11 Å². The second kappa shape index (κ2) is 5.89. The van der Waals surface area contributed by atoms with E-state index < -0.39 is 0 Å². The SMILES string of the molecule is COc1ccc(CNC(=O)Br)cc1C(C)C. The molecule has 0 heterocycles. The maximum Gasteiger partial charge on any atom is 0.287 e. The Hall–Kier alpha value is -1.03. The highest BCUT2D eigenvalue weighted by atomic mass is 79.9. The molecule has 0 aliphatic rings. The monoisotopic (exact) mass is 285 g/mol. The first-order valence-electron chi connectivity index (χ1n) is 5.14. The third kappa shape index (κ3) is 3.52. The van der Waals surface area contributed by atoms with Gasteiger partial charge >= 0.3 is 0 Å². The molecular weight excluding hydrogens is 270 g/mol. The van der Waals surface area contributed by atoms with Crippen molar-refractivity contribution in [3.8, 4) is 5.75 Å². The van der Waals surface area contributed by atoms with E-state index in [9.17, 15) is 4.79 Å². The van der Waals surface area contributed by atoms with Crippen LogP contribution in [-0.4, -0.2) is 11.9 Å². The molecule has 0 bridgehead atoms. The van der Waals surface area contributed by atoms with E-state index in [0.29, 0.717) is 12.5 Å². The third-order valence-electron chi connectivity index (χ3n) is 2.35. The molecule has 1 aromatic carbocycles. The zero-order valence-corrected chi connectivity index (χ0v) is 11.3. The Bertz CT molecular complexity index is 377. The van der Waals surface area contributed by atoms with Crippen molar-refractivity contribution < 1.29 is 9.53 Å². The summed E-state index contributed by atoms with van der Waals surface area (Å²) < 4.78 is 5.29. The number of benzene rings is 1. The number of carbonyl (C=O) groups is 1. The van der Waals surface area contributed by atoms with Gasteiger partial charge in [0.25, 0.3) is 4.82 Å². The lowest BCUT2D eigenvalue weighted by molar-refractivity contribution is 0.261. The van der Waals surface area contributed by atoms with Gasteiger partial charge in [-0.2, -0.15) is 0 Å². The molecule has 1 amide bonds. The first-order chi connectivity index (χ1) is 7.54. The molecule has 0 atom stereocenters. The molecule has 1 N–H and O–H groups in total. The molecule has 4 heteroatoms. The van der Waals surface area contributed by atoms with Crippen LogP contribution < -0.4 is 10.1 Å². The number of hydrogen-bond acceptors (Lipinski definition) is 2. The lowest BCUT2D eigenvalue weighted by Gasteiger charge is -2.13. The van der Waals surface area contributed by atoms with Gasteiger partial charge < -0.3 is 10.1 Å². The van der Waals surface area contributed by atoms with Gasteiger partial charge in [-0.15, -0.1) is 0 Å². The van der Waals surface area contributed by atoms with E-state index in [-0.39, 0.29) is 4.82 Å². The van der Waals surface area contributed by atoms with E-state index in [2.05, 4.69) is 41.2 Å². The van der Waals surface area contributed by atoms with Crippen LogP contribution in [0.25, 0.3) is 0 Å². The number of nitrogens with one attached hydrogen (secondary N) is 1. The Balaban J connectivity index is 2.89. The molecular formula is C12H16BrNO2. The van der Waals surface area contributed by atoms with Crippen LogP contribution in [0.5, 0.6) is 5.75 Å². The van der Waals surface area contributed by atoms with Crippen LogP contribution in [0.15, 0.2) is 18.2 Å². The molecule has 0 saturated heterocycles. The zero-order chi connectivity index (χ0) is 12.1. The number of halogens is 1. The summed E-state index contributed by atoms with van der Waals surface area (Å²) in [6, 6.07) is 5.95. The molecule has 0 aliphatic carbocycles. The molecule has 0 aromatic heterocycles. The Morgan fingerprint density at radius 2 is 2.19 bits per heavy atom. The van der Waals surface area contributed by atoms with Gasteiger partial charge in [-0.05, 0) is 23.1 Å². The van der Waals surface area contributed by atoms with E-state index in [4.69, 9.17) is 4.74 Å². The molecule has 16 heavy (non-hydrogen) atoms. The van der Waals surface area contributed by atoms with Crippen molar-refractivity contribution in [2.45, 2.75) is 26.3 Å². The highest BCUT2D eigenvalue weighted by Gasteiger charge is 2.08. The average molecular weight is 286 g/mol. The van der Waals surface area contributed by atoms with Gasteiger partial charge in [0, 0.05) is 22.5 Å². The van der Waals surface area contributed by atoms with Gasteiger partial charge in [-0.3, -0.25) is 4.79 Å². The predicted molar refractivity (Wildman–Crippen MR) is 68.2 cm³/mol. The smallest absolute Gasteiger partial charge is 0.287 e. The quantitative estimate of drug-likeness (QED) is 0.680. The van der Waals surface area contributed by atoms with Crippen LogP contribution in [0.1, 0.15) is 30.9 Å². The molecule has 0 saturated carbocycles. The van der Waals surface area contributed by atoms with Crippen LogP contribution in [0.2, 0.25) is 0 Å². The van der Waals surface area contributed by atoms with Gasteiger partial charge in [0.2, 0.25) is 0 Å². The summed E-state index contributed by atoms with van der Waals surface area (Å²) in [7, 11) is 1.67. The highest BCUT2D eigenvalue weighted by molar-refractivity contribution is 9.18. The maximum absolute atomic E-state index is 10.7. The van der Waals surface area contributed by atoms with Gasteiger partial charge in [0.05, 0.1) is 7.11 Å². The molecule has 88 valence electrons. The van der Waals surface area contributed by atoms with Crippen LogP contribution in [0, 0.1) is 0 Å². The zero-order valence-electron chi connectivity index (χ0n) is 9.71. The molecule has 0 fully saturated rings. The summed E-state index contributed by atoms with van der Waals surface area (Å²) in [5, 5.41) is 2.70. The standard InChI is InChI=1S/C12H16BrNO2/c1-8(2)10-6-9(7-14-12(13)15)4-5-11(10)16-3/h4-6,8H,7H2,1-3H3,(H,14,15). The topological polar surface area (TPSA) is 38.3 Å². The number of carbonyl (C=O) groups excluding carboxylic acids is 1. The summed E-state index contributed by atoms with van der Waals surface area (Å²) >= 11 is 2.83. The number of rotatable bonds is 4. The predicted octanol–water partition coefficient (Wildman–Crippen LogP) is 3.42. The van der Waals surface area contributed by atoms with E-state index in [1.54, 1.807) is 7.11 Å². The van der Waals surface area contributed by atoms with Crippen molar-refractivity contribution >= 4 is 20.7 Å². The van der Waals surface area contributed by atoms with Crippen molar-refractivity contribution in [2.24, 2.45) is 0 Å². The summed E-state index contributed by atoms with van der Waals surface area (Å²) in [5.74, 6) is 1.29. The van der Waals surface area contributed by atoms with Gasteiger partial charge in [0.15, 0.2) is 0 Å². The largest absolute Gasteiger partial charge is 0.496 e. The van der Waals surface area contributed by atoms with Crippen LogP contribution in [0.4, 0.5) is 4.79 Å². The molecule has 0 radical (unpaired) electrons. The first kappa shape index (κ1) is 13.0. The van der Waals surface area contributed by atoms with Crippen LogP contribution in [0.3, 0.4) is 0 Å². The maximum atomic E-state index is 10.7. The molecule has 1 aromatic rings. The fourth-order valence-corrected chi connectivity index (χ4v) is 1.66. The third-order valence-corrected chi connectivity index (χ3v) is 2.63. The minimum absolute atomic E-state index is 0.200. The fourth-order valence-electron chi connectivity index (χ4n) is 1.52. The van der Waals surface area contributed by atoms with Crippen molar-refractivity contribution in [3.63, 3.8) is 0 Å². The number of ether oxygens (including phenoxy) is 1. The Kier molecular flexibility index (Phi) is 4.80. The minimum Gasteiger partial charge on any atom is -0.496 e. The molecule has 3 nitrogen and oxygen atoms in total. The van der Waals surface area contributed by atoms with Crippen molar-refractivity contribution in [3.05, 3.63) is 29.3 Å². The normalized spacial score (nSPS) is 10.3. The van der Waals surface area contributed by atoms with E-state index in [1.165, 1.54) is 0 Å². The lowest BCUT2D eigenvalue weighted by atomic mass is 9.99. The molecule has 0 unspecified atom stereocenters. The summed E-state index contributed by atoms with van der Waals surface area (Å²) in [5.41, 5.74) is 2.22. The number of hydrogen-bond donors (Lipinski definition) is 1. The minimum atomic E-state index is -0.200. The van der Waals surface area contributed by atoms with Crippen molar-refractivity contribution in [1.82, 2.24) is 5.32 Å². The summed E-state index contributed by atoms with van der Waals surface area (Å²) in [4.78, 5) is 10.5.